The number of halogens is 2. The van der Waals surface area contributed by atoms with Gasteiger partial charge in [-0.05, 0) is 49.2 Å². The molecule has 0 heterocycles. The summed E-state index contributed by atoms with van der Waals surface area (Å²) in [6, 6.07) is 11.0. The first-order valence-electron chi connectivity index (χ1n) is 10.2. The molecule has 33 heavy (non-hydrogen) atoms. The van der Waals surface area contributed by atoms with Gasteiger partial charge in [-0.3, -0.25) is 9.59 Å². The van der Waals surface area contributed by atoms with Gasteiger partial charge in [0.05, 0.1) is 26.6 Å². The summed E-state index contributed by atoms with van der Waals surface area (Å²) < 4.78 is 12.0. The van der Waals surface area contributed by atoms with E-state index in [9.17, 15) is 9.59 Å². The fourth-order valence-corrected chi connectivity index (χ4v) is 3.40. The Morgan fingerprint density at radius 2 is 1.21 bits per heavy atom. The zero-order valence-electron chi connectivity index (χ0n) is 18.4. The Morgan fingerprint density at radius 1 is 0.788 bits per heavy atom. The van der Waals surface area contributed by atoms with E-state index in [0.29, 0.717) is 37.2 Å². The molecule has 0 aliphatic heterocycles. The van der Waals surface area contributed by atoms with Crippen LogP contribution in [0.15, 0.2) is 55.5 Å². The predicted molar refractivity (Wildman–Crippen MR) is 136 cm³/mol. The number of nitrogens with zero attached hydrogens (tertiary/aromatic N) is 2. The smallest absolute Gasteiger partial charge is 0.240 e. The quantitative estimate of drug-likeness (QED) is 0.214. The molecule has 176 valence electrons. The molecule has 0 saturated heterocycles. The second-order valence-electron chi connectivity index (χ2n) is 6.92. The first-order valence-corrected chi connectivity index (χ1v) is 11.8. The van der Waals surface area contributed by atoms with Crippen LogP contribution in [-0.4, -0.2) is 38.5 Å². The molecule has 0 aromatic heterocycles. The summed E-state index contributed by atoms with van der Waals surface area (Å²) in [6.45, 7) is 0. The summed E-state index contributed by atoms with van der Waals surface area (Å²) in [7, 11) is 3.18. The Bertz CT molecular complexity index is 932. The highest BCUT2D eigenvalue weighted by Crippen LogP contribution is 2.21. The number of methoxy groups -OCH3 is 2. The molecule has 2 rings (SSSR count). The molecular weight excluding hydrogens is 556 g/mol. The van der Waals surface area contributed by atoms with Gasteiger partial charge in [-0.15, -0.1) is 0 Å². The maximum atomic E-state index is 11.9. The minimum atomic E-state index is -0.178. The van der Waals surface area contributed by atoms with E-state index in [1.165, 1.54) is 0 Å². The molecule has 0 aliphatic rings. The molecule has 2 N–H and O–H groups in total. The third-order valence-corrected chi connectivity index (χ3v) is 5.94. The Kier molecular flexibility index (Phi) is 11.6. The van der Waals surface area contributed by atoms with Crippen molar-refractivity contribution in [3.8, 4) is 11.5 Å². The lowest BCUT2D eigenvalue weighted by Crippen LogP contribution is -2.18. The Morgan fingerprint density at radius 3 is 1.61 bits per heavy atom. The van der Waals surface area contributed by atoms with Crippen molar-refractivity contribution in [3.63, 3.8) is 0 Å². The van der Waals surface area contributed by atoms with Gasteiger partial charge < -0.3 is 9.47 Å². The number of ether oxygens (including phenoxy) is 2. The summed E-state index contributed by atoms with van der Waals surface area (Å²) in [5.74, 6) is 1.05. The molecule has 0 atom stereocenters. The first-order chi connectivity index (χ1) is 15.9. The van der Waals surface area contributed by atoms with Gasteiger partial charge in [-0.1, -0.05) is 38.3 Å². The van der Waals surface area contributed by atoms with Gasteiger partial charge in [0.1, 0.15) is 11.5 Å². The van der Waals surface area contributed by atoms with Crippen molar-refractivity contribution in [1.29, 1.82) is 0 Å². The number of benzene rings is 2. The first kappa shape index (κ1) is 26.5. The monoisotopic (exact) mass is 580 g/mol. The van der Waals surface area contributed by atoms with Crippen LogP contribution in [0.3, 0.4) is 0 Å². The zero-order valence-corrected chi connectivity index (χ0v) is 21.6. The van der Waals surface area contributed by atoms with Crippen molar-refractivity contribution in [2.24, 2.45) is 10.2 Å². The molecule has 0 spiro atoms. The molecule has 0 radical (unpaired) electrons. The standard InChI is InChI=1S/C23H26Br2N4O4/c1-32-18-8-10-20(24)16(12-18)14-26-28-22(30)6-4-3-5-7-23(31)29-27-15-17-13-19(33-2)9-11-21(17)25/h8-15H,3-7H2,1-2H3,(H,28,30)(H,29,31)/b26-14+,27-15+. The van der Waals surface area contributed by atoms with Gasteiger partial charge in [-0.25, -0.2) is 10.9 Å². The van der Waals surface area contributed by atoms with E-state index in [0.717, 1.165) is 26.5 Å². The highest BCUT2D eigenvalue weighted by molar-refractivity contribution is 9.10. The van der Waals surface area contributed by atoms with E-state index in [-0.39, 0.29) is 11.8 Å². The lowest BCUT2D eigenvalue weighted by molar-refractivity contribution is -0.121. The third-order valence-electron chi connectivity index (χ3n) is 4.50. The molecular formula is C23H26Br2N4O4. The van der Waals surface area contributed by atoms with Crippen molar-refractivity contribution in [1.82, 2.24) is 10.9 Å². The highest BCUT2D eigenvalue weighted by Gasteiger charge is 2.04. The lowest BCUT2D eigenvalue weighted by atomic mass is 10.1. The molecule has 0 unspecified atom stereocenters. The van der Waals surface area contributed by atoms with E-state index in [4.69, 9.17) is 9.47 Å². The van der Waals surface area contributed by atoms with Crippen molar-refractivity contribution in [2.45, 2.75) is 32.1 Å². The number of hydrogen-bond donors (Lipinski definition) is 2. The Balaban J connectivity index is 1.62. The van der Waals surface area contributed by atoms with E-state index in [1.807, 2.05) is 36.4 Å². The van der Waals surface area contributed by atoms with Gasteiger partial charge in [0.15, 0.2) is 0 Å². The summed E-state index contributed by atoms with van der Waals surface area (Å²) in [6.07, 6.45) is 5.85. The fraction of sp³-hybridized carbons (Fsp3) is 0.304. The number of hydrogen-bond acceptors (Lipinski definition) is 6. The van der Waals surface area contributed by atoms with Gasteiger partial charge in [0.25, 0.3) is 0 Å². The molecule has 10 heteroatoms. The van der Waals surface area contributed by atoms with Crippen molar-refractivity contribution >= 4 is 56.1 Å². The Hall–Kier alpha value is -2.72. The van der Waals surface area contributed by atoms with Crippen LogP contribution in [0, 0.1) is 0 Å². The average molecular weight is 582 g/mol. The highest BCUT2D eigenvalue weighted by atomic mass is 79.9. The largest absolute Gasteiger partial charge is 0.497 e. The SMILES string of the molecule is COc1ccc(Br)c(/C=N/NC(=O)CCCCCC(=O)N/N=C/c2cc(OC)ccc2Br)c1. The molecule has 8 nitrogen and oxygen atoms in total. The Labute approximate surface area is 210 Å². The zero-order chi connectivity index (χ0) is 24.1. The summed E-state index contributed by atoms with van der Waals surface area (Å²) in [5.41, 5.74) is 6.61. The summed E-state index contributed by atoms with van der Waals surface area (Å²) in [5, 5.41) is 7.96. The predicted octanol–water partition coefficient (Wildman–Crippen LogP) is 4.78. The topological polar surface area (TPSA) is 101 Å². The maximum Gasteiger partial charge on any atom is 0.240 e. The van der Waals surface area contributed by atoms with Crippen molar-refractivity contribution in [3.05, 3.63) is 56.5 Å². The molecule has 0 fully saturated rings. The fourth-order valence-electron chi connectivity index (χ4n) is 2.70. The van der Waals surface area contributed by atoms with Crippen LogP contribution in [-0.2, 0) is 9.59 Å². The van der Waals surface area contributed by atoms with Crippen LogP contribution < -0.4 is 20.3 Å². The van der Waals surface area contributed by atoms with Crippen LogP contribution in [0.25, 0.3) is 0 Å². The number of rotatable bonds is 12. The molecule has 0 saturated carbocycles. The number of unbranched alkanes of at least 4 members (excludes halogenated alkanes) is 2. The van der Waals surface area contributed by atoms with Crippen LogP contribution in [0.5, 0.6) is 11.5 Å². The lowest BCUT2D eigenvalue weighted by Gasteiger charge is -2.04. The molecule has 2 amide bonds. The third kappa shape index (κ3) is 9.75. The van der Waals surface area contributed by atoms with Crippen LogP contribution in [0.2, 0.25) is 0 Å². The van der Waals surface area contributed by atoms with Crippen LogP contribution >= 0.6 is 31.9 Å². The number of nitrogens with one attached hydrogen (secondary N) is 2. The van der Waals surface area contributed by atoms with E-state index < -0.39 is 0 Å². The molecule has 2 aromatic rings. The minimum Gasteiger partial charge on any atom is -0.497 e. The van der Waals surface area contributed by atoms with E-state index in [2.05, 4.69) is 52.9 Å². The minimum absolute atomic E-state index is 0.178. The van der Waals surface area contributed by atoms with E-state index in [1.54, 1.807) is 26.6 Å². The van der Waals surface area contributed by atoms with Gasteiger partial charge >= 0.3 is 0 Å². The summed E-state index contributed by atoms with van der Waals surface area (Å²) >= 11 is 6.85. The normalized spacial score (nSPS) is 11.0. The van der Waals surface area contributed by atoms with Crippen molar-refractivity contribution < 1.29 is 19.1 Å². The van der Waals surface area contributed by atoms with Gasteiger partial charge in [0.2, 0.25) is 11.8 Å². The van der Waals surface area contributed by atoms with Crippen LogP contribution in [0.1, 0.15) is 43.2 Å². The van der Waals surface area contributed by atoms with Crippen LogP contribution in [0.4, 0.5) is 0 Å². The molecule has 0 aliphatic carbocycles. The molecule has 2 aromatic carbocycles. The van der Waals surface area contributed by atoms with Gasteiger partial charge in [-0.2, -0.15) is 10.2 Å². The van der Waals surface area contributed by atoms with E-state index >= 15 is 0 Å². The second-order valence-corrected chi connectivity index (χ2v) is 8.63. The summed E-state index contributed by atoms with van der Waals surface area (Å²) in [4.78, 5) is 23.8. The number of carbonyl (C=O) groups excluding carboxylic acids is 2. The average Bonchev–Trinajstić information content (AvgIpc) is 2.81. The second kappa shape index (κ2) is 14.4. The molecule has 0 bridgehead atoms. The number of hydrazone groups is 2. The maximum absolute atomic E-state index is 11.9. The number of carbonyl (C=O) groups is 2. The van der Waals surface area contributed by atoms with Crippen molar-refractivity contribution in [2.75, 3.05) is 14.2 Å². The van der Waals surface area contributed by atoms with Gasteiger partial charge in [0, 0.05) is 32.9 Å². The number of amides is 2.